The summed E-state index contributed by atoms with van der Waals surface area (Å²) in [5, 5.41) is 9.01. The van der Waals surface area contributed by atoms with Crippen molar-refractivity contribution in [1.29, 1.82) is 0 Å². The molecule has 1 N–H and O–H groups in total. The van der Waals surface area contributed by atoms with E-state index in [1.54, 1.807) is 6.92 Å². The van der Waals surface area contributed by atoms with Crippen molar-refractivity contribution in [2.24, 2.45) is 0 Å². The maximum atomic E-state index is 11.0. The number of hydrogen-bond acceptors (Lipinski definition) is 2. The Labute approximate surface area is 125 Å². The van der Waals surface area contributed by atoms with Crippen molar-refractivity contribution in [2.45, 2.75) is 25.9 Å². The van der Waals surface area contributed by atoms with Crippen LogP contribution in [-0.2, 0) is 17.9 Å². The molecule has 0 aliphatic heterocycles. The summed E-state index contributed by atoms with van der Waals surface area (Å²) in [6, 6.07) is 18.2. The SMILES string of the molecule is CC(C(=O)O)c1ccc(CN(C)Cc2ccccc2)cc1. The van der Waals surface area contributed by atoms with Crippen LogP contribution in [0.3, 0.4) is 0 Å². The molecule has 0 fully saturated rings. The van der Waals surface area contributed by atoms with Gasteiger partial charge in [-0.15, -0.1) is 0 Å². The highest BCUT2D eigenvalue weighted by molar-refractivity contribution is 5.75. The molecule has 0 aliphatic carbocycles. The Kier molecular flexibility index (Phi) is 5.12. The van der Waals surface area contributed by atoms with E-state index in [1.807, 2.05) is 42.5 Å². The number of aliphatic carboxylic acids is 1. The van der Waals surface area contributed by atoms with Crippen LogP contribution >= 0.6 is 0 Å². The molecule has 0 heterocycles. The van der Waals surface area contributed by atoms with Crippen LogP contribution in [0, 0.1) is 0 Å². The van der Waals surface area contributed by atoms with Gasteiger partial charge in [-0.2, -0.15) is 0 Å². The van der Waals surface area contributed by atoms with E-state index in [0.29, 0.717) is 0 Å². The maximum absolute atomic E-state index is 11.0. The molecule has 21 heavy (non-hydrogen) atoms. The summed E-state index contributed by atoms with van der Waals surface area (Å²) in [5.74, 6) is -1.25. The monoisotopic (exact) mass is 283 g/mol. The van der Waals surface area contributed by atoms with Crippen molar-refractivity contribution in [3.8, 4) is 0 Å². The smallest absolute Gasteiger partial charge is 0.310 e. The number of carbonyl (C=O) groups is 1. The van der Waals surface area contributed by atoms with E-state index >= 15 is 0 Å². The molecular formula is C18H21NO2. The highest BCUT2D eigenvalue weighted by atomic mass is 16.4. The van der Waals surface area contributed by atoms with Crippen molar-refractivity contribution in [1.82, 2.24) is 4.90 Å². The quantitative estimate of drug-likeness (QED) is 0.882. The predicted molar refractivity (Wildman–Crippen MR) is 84.1 cm³/mol. The van der Waals surface area contributed by atoms with E-state index in [2.05, 4.69) is 24.1 Å². The van der Waals surface area contributed by atoms with Gasteiger partial charge in [-0.05, 0) is 30.7 Å². The molecule has 0 bridgehead atoms. The van der Waals surface area contributed by atoms with E-state index in [1.165, 1.54) is 11.1 Å². The fourth-order valence-corrected chi connectivity index (χ4v) is 2.32. The molecular weight excluding hydrogens is 262 g/mol. The first-order chi connectivity index (χ1) is 10.1. The summed E-state index contributed by atoms with van der Waals surface area (Å²) in [7, 11) is 2.08. The molecule has 0 amide bonds. The highest BCUT2D eigenvalue weighted by Crippen LogP contribution is 2.17. The van der Waals surface area contributed by atoms with Crippen LogP contribution in [0.4, 0.5) is 0 Å². The van der Waals surface area contributed by atoms with E-state index < -0.39 is 11.9 Å². The molecule has 2 rings (SSSR count). The second-order valence-corrected chi connectivity index (χ2v) is 5.46. The number of carboxylic acids is 1. The molecule has 1 unspecified atom stereocenters. The summed E-state index contributed by atoms with van der Waals surface area (Å²) in [6.45, 7) is 3.45. The summed E-state index contributed by atoms with van der Waals surface area (Å²) < 4.78 is 0. The Balaban J connectivity index is 1.95. The van der Waals surface area contributed by atoms with Crippen molar-refractivity contribution in [3.63, 3.8) is 0 Å². The van der Waals surface area contributed by atoms with Crippen LogP contribution in [-0.4, -0.2) is 23.0 Å². The van der Waals surface area contributed by atoms with E-state index in [4.69, 9.17) is 5.11 Å². The average molecular weight is 283 g/mol. The number of rotatable bonds is 6. The number of benzene rings is 2. The Hall–Kier alpha value is -2.13. The third-order valence-corrected chi connectivity index (χ3v) is 3.60. The molecule has 0 aromatic heterocycles. The van der Waals surface area contributed by atoms with E-state index in [0.717, 1.165) is 18.7 Å². The molecule has 2 aromatic rings. The minimum Gasteiger partial charge on any atom is -0.481 e. The molecule has 3 heteroatoms. The standard InChI is InChI=1S/C18H21NO2/c1-14(18(20)21)17-10-8-16(9-11-17)13-19(2)12-15-6-4-3-5-7-15/h3-11,14H,12-13H2,1-2H3,(H,20,21). The van der Waals surface area contributed by atoms with Gasteiger partial charge in [0.05, 0.1) is 5.92 Å². The second-order valence-electron chi connectivity index (χ2n) is 5.46. The first-order valence-electron chi connectivity index (χ1n) is 7.10. The first-order valence-corrected chi connectivity index (χ1v) is 7.10. The predicted octanol–water partition coefficient (Wildman–Crippen LogP) is 3.51. The van der Waals surface area contributed by atoms with Gasteiger partial charge >= 0.3 is 5.97 Å². The maximum Gasteiger partial charge on any atom is 0.310 e. The summed E-state index contributed by atoms with van der Waals surface area (Å²) in [4.78, 5) is 13.2. The van der Waals surface area contributed by atoms with Crippen LogP contribution in [0.25, 0.3) is 0 Å². The second kappa shape index (κ2) is 7.04. The van der Waals surface area contributed by atoms with Crippen molar-refractivity contribution in [3.05, 3.63) is 71.3 Å². The van der Waals surface area contributed by atoms with Crippen molar-refractivity contribution in [2.75, 3.05) is 7.05 Å². The van der Waals surface area contributed by atoms with Gasteiger partial charge in [-0.3, -0.25) is 9.69 Å². The molecule has 0 spiro atoms. The van der Waals surface area contributed by atoms with Gasteiger partial charge in [-0.1, -0.05) is 54.6 Å². The highest BCUT2D eigenvalue weighted by Gasteiger charge is 2.13. The zero-order valence-corrected chi connectivity index (χ0v) is 12.5. The minimum atomic E-state index is -0.788. The van der Waals surface area contributed by atoms with Crippen molar-refractivity contribution < 1.29 is 9.90 Å². The Bertz CT molecular complexity index is 578. The summed E-state index contributed by atoms with van der Waals surface area (Å²) in [6.07, 6.45) is 0. The number of nitrogens with zero attached hydrogens (tertiary/aromatic N) is 1. The lowest BCUT2D eigenvalue weighted by atomic mass is 10.00. The Morgan fingerprint density at radius 2 is 1.52 bits per heavy atom. The van der Waals surface area contributed by atoms with Crippen molar-refractivity contribution >= 4 is 5.97 Å². The first kappa shape index (κ1) is 15.3. The molecule has 0 aliphatic rings. The molecule has 1 atom stereocenters. The van der Waals surface area contributed by atoms with Gasteiger partial charge in [0.2, 0.25) is 0 Å². The number of carboxylic acid groups (broad SMARTS) is 1. The van der Waals surface area contributed by atoms with Crippen LogP contribution in [0.5, 0.6) is 0 Å². The van der Waals surface area contributed by atoms with Gasteiger partial charge in [0.25, 0.3) is 0 Å². The van der Waals surface area contributed by atoms with Gasteiger partial charge in [0, 0.05) is 13.1 Å². The van der Waals surface area contributed by atoms with Gasteiger partial charge in [0.1, 0.15) is 0 Å². The van der Waals surface area contributed by atoms with Crippen LogP contribution in [0.2, 0.25) is 0 Å². The lowest BCUT2D eigenvalue weighted by molar-refractivity contribution is -0.138. The molecule has 0 saturated carbocycles. The zero-order valence-electron chi connectivity index (χ0n) is 12.5. The third-order valence-electron chi connectivity index (χ3n) is 3.60. The number of hydrogen-bond donors (Lipinski definition) is 1. The largest absolute Gasteiger partial charge is 0.481 e. The Morgan fingerprint density at radius 1 is 1.00 bits per heavy atom. The normalized spacial score (nSPS) is 12.3. The Morgan fingerprint density at radius 3 is 2.05 bits per heavy atom. The average Bonchev–Trinajstić information content (AvgIpc) is 2.48. The van der Waals surface area contributed by atoms with Crippen LogP contribution in [0.1, 0.15) is 29.5 Å². The van der Waals surface area contributed by atoms with Gasteiger partial charge < -0.3 is 5.11 Å². The van der Waals surface area contributed by atoms with E-state index in [-0.39, 0.29) is 0 Å². The topological polar surface area (TPSA) is 40.5 Å². The van der Waals surface area contributed by atoms with Crippen LogP contribution in [0.15, 0.2) is 54.6 Å². The van der Waals surface area contributed by atoms with E-state index in [9.17, 15) is 4.79 Å². The molecule has 2 aromatic carbocycles. The molecule has 0 radical (unpaired) electrons. The third kappa shape index (κ3) is 4.43. The van der Waals surface area contributed by atoms with Gasteiger partial charge in [-0.25, -0.2) is 0 Å². The zero-order chi connectivity index (χ0) is 15.2. The molecule has 3 nitrogen and oxygen atoms in total. The minimum absolute atomic E-state index is 0.457. The van der Waals surface area contributed by atoms with Crippen LogP contribution < -0.4 is 0 Å². The fourth-order valence-electron chi connectivity index (χ4n) is 2.32. The summed E-state index contributed by atoms with van der Waals surface area (Å²) in [5.41, 5.74) is 3.32. The molecule has 0 saturated heterocycles. The fraction of sp³-hybridized carbons (Fsp3) is 0.278. The summed E-state index contributed by atoms with van der Waals surface area (Å²) >= 11 is 0. The lowest BCUT2D eigenvalue weighted by Gasteiger charge is -2.17. The lowest BCUT2D eigenvalue weighted by Crippen LogP contribution is -2.17. The van der Waals surface area contributed by atoms with Gasteiger partial charge in [0.15, 0.2) is 0 Å². The molecule has 110 valence electrons.